The molecule has 23 heavy (non-hydrogen) atoms. The molecule has 2 bridgehead atoms. The number of rotatable bonds is 4. The molecule has 3 N–H and O–H groups in total. The van der Waals surface area contributed by atoms with E-state index in [0.717, 1.165) is 25.9 Å². The molecule has 0 aliphatic heterocycles. The van der Waals surface area contributed by atoms with Crippen LogP contribution in [0.4, 0.5) is 0 Å². The summed E-state index contributed by atoms with van der Waals surface area (Å²) in [6, 6.07) is 0.701. The number of ether oxygens (including phenoxy) is 1. The summed E-state index contributed by atoms with van der Waals surface area (Å²) in [6.45, 7) is 2.86. The van der Waals surface area contributed by atoms with E-state index in [9.17, 15) is 4.79 Å². The molecule has 4 aliphatic rings. The number of carbonyl (C=O) groups is 1. The van der Waals surface area contributed by atoms with Gasteiger partial charge in [0.15, 0.2) is 0 Å². The van der Waals surface area contributed by atoms with Crippen molar-refractivity contribution in [3.63, 3.8) is 0 Å². The number of hydrogen-bond acceptors (Lipinski definition) is 3. The normalized spacial score (nSPS) is 44.3. The van der Waals surface area contributed by atoms with E-state index in [-0.39, 0.29) is 11.3 Å². The van der Waals surface area contributed by atoms with Crippen LogP contribution in [0.3, 0.4) is 0 Å². The first-order valence-electron chi connectivity index (χ1n) is 9.81. The number of fused-ring (bicyclic) bond motifs is 2. The second-order valence-corrected chi connectivity index (χ2v) is 8.52. The van der Waals surface area contributed by atoms with E-state index in [1.807, 2.05) is 0 Å². The summed E-state index contributed by atoms with van der Waals surface area (Å²) in [5, 5.41) is 3.41. The molecule has 0 heterocycles. The molecule has 4 atom stereocenters. The van der Waals surface area contributed by atoms with Gasteiger partial charge in [-0.3, -0.25) is 4.79 Å². The summed E-state index contributed by atoms with van der Waals surface area (Å²) in [5.41, 5.74) is 6.63. The van der Waals surface area contributed by atoms with Crippen molar-refractivity contribution < 1.29 is 9.53 Å². The first-order chi connectivity index (χ1) is 11.1. The van der Waals surface area contributed by atoms with Crippen molar-refractivity contribution >= 4 is 5.91 Å². The standard InChI is InChI=1S/C19H32N2O2/c1-2-23-16-11-15(19(16)7-4-8-19)21-18(22)14-9-12-5-3-6-13(10-14)17(12)20/h12-17H,2-11,20H2,1H3,(H,21,22). The molecule has 0 aromatic rings. The lowest BCUT2D eigenvalue weighted by atomic mass is 9.51. The molecule has 1 amide bonds. The number of hydrogen-bond donors (Lipinski definition) is 2. The Labute approximate surface area is 139 Å². The van der Waals surface area contributed by atoms with Crippen molar-refractivity contribution in [3.05, 3.63) is 0 Å². The van der Waals surface area contributed by atoms with E-state index < -0.39 is 0 Å². The van der Waals surface area contributed by atoms with Gasteiger partial charge in [0.05, 0.1) is 6.10 Å². The third kappa shape index (κ3) is 2.53. The van der Waals surface area contributed by atoms with Gasteiger partial charge in [0, 0.05) is 30.0 Å². The Hall–Kier alpha value is -0.610. The SMILES string of the molecule is CCOC1CC(NC(=O)C2CC3CCCC(C2)C3N)C12CCC2. The van der Waals surface area contributed by atoms with Gasteiger partial charge in [-0.25, -0.2) is 0 Å². The van der Waals surface area contributed by atoms with Crippen LogP contribution in [0.2, 0.25) is 0 Å². The van der Waals surface area contributed by atoms with Crippen LogP contribution in [-0.4, -0.2) is 30.7 Å². The number of carbonyl (C=O) groups excluding carboxylic acids is 1. The molecule has 1 spiro atoms. The van der Waals surface area contributed by atoms with Crippen LogP contribution in [0.5, 0.6) is 0 Å². The van der Waals surface area contributed by atoms with Crippen molar-refractivity contribution in [2.24, 2.45) is 28.9 Å². The zero-order valence-electron chi connectivity index (χ0n) is 14.4. The van der Waals surface area contributed by atoms with Gasteiger partial charge in [-0.05, 0) is 63.7 Å². The lowest BCUT2D eigenvalue weighted by molar-refractivity contribution is -0.177. The minimum atomic E-state index is 0.202. The Morgan fingerprint density at radius 2 is 1.87 bits per heavy atom. The highest BCUT2D eigenvalue weighted by molar-refractivity contribution is 5.79. The maximum Gasteiger partial charge on any atom is 0.223 e. The summed E-state index contributed by atoms with van der Waals surface area (Å²) in [5.74, 6) is 1.66. The molecule has 4 aliphatic carbocycles. The predicted octanol–water partition coefficient (Wildman–Crippen LogP) is 2.60. The van der Waals surface area contributed by atoms with Gasteiger partial charge in [0.2, 0.25) is 5.91 Å². The highest BCUT2D eigenvalue weighted by Crippen LogP contribution is 2.57. The van der Waals surface area contributed by atoms with Gasteiger partial charge in [-0.2, -0.15) is 0 Å². The smallest absolute Gasteiger partial charge is 0.223 e. The van der Waals surface area contributed by atoms with Crippen molar-refractivity contribution in [2.75, 3.05) is 6.61 Å². The van der Waals surface area contributed by atoms with Crippen LogP contribution < -0.4 is 11.1 Å². The molecule has 4 nitrogen and oxygen atoms in total. The molecule has 4 saturated carbocycles. The minimum absolute atomic E-state index is 0.202. The molecule has 130 valence electrons. The van der Waals surface area contributed by atoms with Crippen LogP contribution in [-0.2, 0) is 9.53 Å². The lowest BCUT2D eigenvalue weighted by Crippen LogP contribution is -2.68. The fourth-order valence-corrected chi connectivity index (χ4v) is 5.93. The molecule has 4 rings (SSSR count). The highest BCUT2D eigenvalue weighted by atomic mass is 16.5. The Kier molecular flexibility index (Phi) is 4.17. The molecule has 4 fully saturated rings. The first-order valence-corrected chi connectivity index (χ1v) is 9.81. The van der Waals surface area contributed by atoms with Crippen LogP contribution >= 0.6 is 0 Å². The Morgan fingerprint density at radius 1 is 1.17 bits per heavy atom. The molecular formula is C19H32N2O2. The molecule has 0 aromatic heterocycles. The Bertz CT molecular complexity index is 448. The van der Waals surface area contributed by atoms with E-state index in [1.54, 1.807) is 0 Å². The predicted molar refractivity (Wildman–Crippen MR) is 89.8 cm³/mol. The summed E-state index contributed by atoms with van der Waals surface area (Å²) in [4.78, 5) is 12.8. The summed E-state index contributed by atoms with van der Waals surface area (Å²) < 4.78 is 5.90. The van der Waals surface area contributed by atoms with E-state index in [1.165, 1.54) is 38.5 Å². The largest absolute Gasteiger partial charge is 0.378 e. The summed E-state index contributed by atoms with van der Waals surface area (Å²) >= 11 is 0. The van der Waals surface area contributed by atoms with Gasteiger partial charge in [0.25, 0.3) is 0 Å². The van der Waals surface area contributed by atoms with Crippen molar-refractivity contribution in [2.45, 2.75) is 82.9 Å². The summed E-state index contributed by atoms with van der Waals surface area (Å²) in [7, 11) is 0. The van der Waals surface area contributed by atoms with Crippen molar-refractivity contribution in [1.82, 2.24) is 5.32 Å². The number of amides is 1. The quantitative estimate of drug-likeness (QED) is 0.837. The van der Waals surface area contributed by atoms with Gasteiger partial charge in [0.1, 0.15) is 0 Å². The fraction of sp³-hybridized carbons (Fsp3) is 0.947. The van der Waals surface area contributed by atoms with Crippen LogP contribution in [0.1, 0.15) is 64.7 Å². The highest BCUT2D eigenvalue weighted by Gasteiger charge is 2.59. The third-order valence-electron chi connectivity index (χ3n) is 7.54. The molecule has 0 saturated heterocycles. The van der Waals surface area contributed by atoms with Crippen LogP contribution in [0, 0.1) is 23.2 Å². The van der Waals surface area contributed by atoms with Crippen molar-refractivity contribution in [1.29, 1.82) is 0 Å². The molecule has 4 heteroatoms. The molecule has 0 radical (unpaired) electrons. The minimum Gasteiger partial charge on any atom is -0.378 e. The van der Waals surface area contributed by atoms with Gasteiger partial charge < -0.3 is 15.8 Å². The monoisotopic (exact) mass is 320 g/mol. The molecule has 0 aromatic carbocycles. The Morgan fingerprint density at radius 3 is 2.43 bits per heavy atom. The first kappa shape index (κ1) is 15.9. The van der Waals surface area contributed by atoms with Crippen LogP contribution in [0.15, 0.2) is 0 Å². The summed E-state index contributed by atoms with van der Waals surface area (Å²) in [6.07, 6.45) is 10.9. The molecular weight excluding hydrogens is 288 g/mol. The van der Waals surface area contributed by atoms with Gasteiger partial charge in [-0.1, -0.05) is 12.8 Å². The van der Waals surface area contributed by atoms with E-state index >= 15 is 0 Å². The Balaban J connectivity index is 1.36. The number of nitrogens with one attached hydrogen (secondary N) is 1. The maximum atomic E-state index is 12.8. The topological polar surface area (TPSA) is 64.3 Å². The van der Waals surface area contributed by atoms with E-state index in [4.69, 9.17) is 10.5 Å². The van der Waals surface area contributed by atoms with Gasteiger partial charge >= 0.3 is 0 Å². The lowest BCUT2D eigenvalue weighted by Gasteiger charge is -2.61. The number of nitrogens with two attached hydrogens (primary N) is 1. The molecule has 4 unspecified atom stereocenters. The van der Waals surface area contributed by atoms with Crippen molar-refractivity contribution in [3.8, 4) is 0 Å². The average Bonchev–Trinajstić information content (AvgIpc) is 2.43. The zero-order valence-corrected chi connectivity index (χ0v) is 14.4. The zero-order chi connectivity index (χ0) is 16.0. The van der Waals surface area contributed by atoms with E-state index in [0.29, 0.717) is 35.9 Å². The second-order valence-electron chi connectivity index (χ2n) is 8.52. The van der Waals surface area contributed by atoms with Gasteiger partial charge in [-0.15, -0.1) is 0 Å². The van der Waals surface area contributed by atoms with Crippen LogP contribution in [0.25, 0.3) is 0 Å². The maximum absolute atomic E-state index is 12.8. The van der Waals surface area contributed by atoms with E-state index in [2.05, 4.69) is 12.2 Å². The average molecular weight is 320 g/mol. The second kappa shape index (κ2) is 6.03. The third-order valence-corrected chi connectivity index (χ3v) is 7.54. The fourth-order valence-electron chi connectivity index (χ4n) is 5.93.